The van der Waals surface area contributed by atoms with Gasteiger partial charge in [-0.1, -0.05) is 24.3 Å². The van der Waals surface area contributed by atoms with Crippen LogP contribution in [0.25, 0.3) is 22.1 Å². The first-order valence-corrected chi connectivity index (χ1v) is 8.75. The van der Waals surface area contributed by atoms with Crippen molar-refractivity contribution in [3.05, 3.63) is 60.2 Å². The molecule has 0 atom stereocenters. The zero-order valence-electron chi connectivity index (χ0n) is 14.7. The van der Waals surface area contributed by atoms with Gasteiger partial charge in [0.05, 0.1) is 22.1 Å². The van der Waals surface area contributed by atoms with Crippen LogP contribution in [0.3, 0.4) is 0 Å². The molecule has 4 rings (SSSR count). The third-order valence-electron chi connectivity index (χ3n) is 4.81. The van der Waals surface area contributed by atoms with E-state index in [0.717, 1.165) is 48.6 Å². The van der Waals surface area contributed by atoms with Crippen molar-refractivity contribution in [1.82, 2.24) is 24.4 Å². The number of para-hydroxylation sites is 4. The predicted molar refractivity (Wildman–Crippen MR) is 102 cm³/mol. The number of nitrogens with zero attached hydrogens (tertiary/aromatic N) is 4. The maximum Gasteiger partial charge on any atom is 0.110 e. The van der Waals surface area contributed by atoms with E-state index in [9.17, 15) is 0 Å². The van der Waals surface area contributed by atoms with E-state index in [4.69, 9.17) is 9.97 Å². The van der Waals surface area contributed by atoms with E-state index in [1.165, 1.54) is 11.0 Å². The fourth-order valence-corrected chi connectivity index (χ4v) is 3.36. The van der Waals surface area contributed by atoms with Crippen LogP contribution in [-0.4, -0.2) is 32.2 Å². The maximum absolute atomic E-state index is 4.72. The summed E-state index contributed by atoms with van der Waals surface area (Å²) in [7, 11) is 4.17. The van der Waals surface area contributed by atoms with Gasteiger partial charge in [-0.2, -0.15) is 0 Å². The van der Waals surface area contributed by atoms with E-state index < -0.39 is 0 Å². The Labute approximate surface area is 147 Å². The van der Waals surface area contributed by atoms with Crippen LogP contribution in [0.2, 0.25) is 0 Å². The number of benzene rings is 2. The summed E-state index contributed by atoms with van der Waals surface area (Å²) < 4.78 is 4.37. The molecule has 0 spiro atoms. The summed E-state index contributed by atoms with van der Waals surface area (Å²) in [5, 5.41) is 3.52. The van der Waals surface area contributed by atoms with Crippen LogP contribution in [0.4, 0.5) is 0 Å². The molecule has 0 saturated carbocycles. The average molecular weight is 333 g/mol. The van der Waals surface area contributed by atoms with Crippen molar-refractivity contribution in [2.75, 3.05) is 13.1 Å². The summed E-state index contributed by atoms with van der Waals surface area (Å²) in [6, 6.07) is 16.6. The van der Waals surface area contributed by atoms with E-state index in [-0.39, 0.29) is 0 Å². The first-order chi connectivity index (χ1) is 12.2. The van der Waals surface area contributed by atoms with Gasteiger partial charge in [-0.25, -0.2) is 9.97 Å². The van der Waals surface area contributed by atoms with Crippen molar-refractivity contribution < 1.29 is 0 Å². The lowest BCUT2D eigenvalue weighted by molar-refractivity contribution is 0.638. The van der Waals surface area contributed by atoms with E-state index in [2.05, 4.69) is 64.9 Å². The van der Waals surface area contributed by atoms with Crippen molar-refractivity contribution in [2.45, 2.75) is 12.8 Å². The fraction of sp³-hybridized carbons (Fsp3) is 0.300. The topological polar surface area (TPSA) is 47.7 Å². The van der Waals surface area contributed by atoms with E-state index >= 15 is 0 Å². The second-order valence-corrected chi connectivity index (χ2v) is 6.40. The van der Waals surface area contributed by atoms with Crippen LogP contribution in [0, 0.1) is 0 Å². The summed E-state index contributed by atoms with van der Waals surface area (Å²) >= 11 is 0. The quantitative estimate of drug-likeness (QED) is 0.552. The molecule has 25 heavy (non-hydrogen) atoms. The molecule has 0 radical (unpaired) electrons. The molecule has 0 bridgehead atoms. The minimum absolute atomic E-state index is 0.918. The lowest BCUT2D eigenvalue weighted by Crippen LogP contribution is -2.22. The lowest BCUT2D eigenvalue weighted by atomic mass is 10.3. The summed E-state index contributed by atoms with van der Waals surface area (Å²) in [6.07, 6.45) is 1.85. The van der Waals surface area contributed by atoms with Gasteiger partial charge in [-0.05, 0) is 24.3 Å². The molecule has 0 unspecified atom stereocenters. The van der Waals surface area contributed by atoms with Crippen molar-refractivity contribution >= 4 is 22.1 Å². The molecule has 0 fully saturated rings. The van der Waals surface area contributed by atoms with Crippen LogP contribution in [0.15, 0.2) is 48.5 Å². The highest BCUT2D eigenvalue weighted by atomic mass is 15.1. The van der Waals surface area contributed by atoms with Crippen LogP contribution >= 0.6 is 0 Å². The van der Waals surface area contributed by atoms with Crippen molar-refractivity contribution in [3.8, 4) is 0 Å². The Kier molecular flexibility index (Phi) is 4.24. The molecule has 2 heterocycles. The standard InChI is InChI=1S/C20H23N5/c1-24-17-9-5-3-7-15(17)22-19(24)11-13-21-14-12-20-23-16-8-4-6-10-18(16)25(20)2/h3-10,21H,11-14H2,1-2H3. The van der Waals surface area contributed by atoms with Crippen molar-refractivity contribution in [3.63, 3.8) is 0 Å². The van der Waals surface area contributed by atoms with Gasteiger partial charge in [0, 0.05) is 40.0 Å². The molecular weight excluding hydrogens is 310 g/mol. The minimum Gasteiger partial charge on any atom is -0.331 e. The molecule has 0 amide bonds. The van der Waals surface area contributed by atoms with Gasteiger partial charge in [0.1, 0.15) is 11.6 Å². The number of hydrogen-bond acceptors (Lipinski definition) is 3. The monoisotopic (exact) mass is 333 g/mol. The second-order valence-electron chi connectivity index (χ2n) is 6.40. The number of fused-ring (bicyclic) bond motifs is 2. The van der Waals surface area contributed by atoms with Gasteiger partial charge in [0.2, 0.25) is 0 Å². The summed E-state index contributed by atoms with van der Waals surface area (Å²) in [6.45, 7) is 1.84. The Hall–Kier alpha value is -2.66. The largest absolute Gasteiger partial charge is 0.331 e. The molecule has 0 aliphatic carbocycles. The van der Waals surface area contributed by atoms with Crippen LogP contribution in [-0.2, 0) is 26.9 Å². The smallest absolute Gasteiger partial charge is 0.110 e. The molecule has 1 N–H and O–H groups in total. The number of hydrogen-bond donors (Lipinski definition) is 1. The Morgan fingerprint density at radius 2 is 1.16 bits per heavy atom. The molecule has 128 valence electrons. The molecular formula is C20H23N5. The van der Waals surface area contributed by atoms with E-state index in [0.29, 0.717) is 0 Å². The van der Waals surface area contributed by atoms with Gasteiger partial charge < -0.3 is 14.5 Å². The Morgan fingerprint density at radius 1 is 0.720 bits per heavy atom. The molecule has 2 aromatic heterocycles. The first kappa shape index (κ1) is 15.8. The van der Waals surface area contributed by atoms with Crippen LogP contribution in [0.5, 0.6) is 0 Å². The molecule has 4 aromatic rings. The molecule has 2 aromatic carbocycles. The number of imidazole rings is 2. The van der Waals surface area contributed by atoms with Crippen molar-refractivity contribution in [2.24, 2.45) is 14.1 Å². The van der Waals surface area contributed by atoms with Gasteiger partial charge >= 0.3 is 0 Å². The van der Waals surface area contributed by atoms with Crippen LogP contribution < -0.4 is 5.32 Å². The zero-order valence-corrected chi connectivity index (χ0v) is 14.7. The van der Waals surface area contributed by atoms with Gasteiger partial charge in [0.15, 0.2) is 0 Å². The lowest BCUT2D eigenvalue weighted by Gasteiger charge is -2.06. The Bertz CT molecular complexity index is 929. The van der Waals surface area contributed by atoms with Gasteiger partial charge in [0.25, 0.3) is 0 Å². The molecule has 0 aliphatic rings. The fourth-order valence-electron chi connectivity index (χ4n) is 3.36. The highest BCUT2D eigenvalue weighted by molar-refractivity contribution is 5.76. The molecule has 5 heteroatoms. The normalized spacial score (nSPS) is 11.6. The summed E-state index contributed by atoms with van der Waals surface area (Å²) in [5.74, 6) is 2.24. The molecule has 0 aliphatic heterocycles. The number of aryl methyl sites for hydroxylation is 2. The maximum atomic E-state index is 4.72. The molecule has 5 nitrogen and oxygen atoms in total. The summed E-state index contributed by atoms with van der Waals surface area (Å²) in [4.78, 5) is 9.43. The van der Waals surface area contributed by atoms with Gasteiger partial charge in [-0.15, -0.1) is 0 Å². The third kappa shape index (κ3) is 3.03. The SMILES string of the molecule is Cn1c(CCNCCc2nc3ccccc3n2C)nc2ccccc21. The van der Waals surface area contributed by atoms with E-state index in [1.54, 1.807) is 0 Å². The van der Waals surface area contributed by atoms with Crippen molar-refractivity contribution in [1.29, 1.82) is 0 Å². The molecule has 0 saturated heterocycles. The third-order valence-corrected chi connectivity index (χ3v) is 4.81. The Morgan fingerprint density at radius 3 is 1.60 bits per heavy atom. The van der Waals surface area contributed by atoms with Gasteiger partial charge in [-0.3, -0.25) is 0 Å². The van der Waals surface area contributed by atoms with Crippen LogP contribution in [0.1, 0.15) is 11.6 Å². The zero-order chi connectivity index (χ0) is 17.2. The number of nitrogens with one attached hydrogen (secondary N) is 1. The first-order valence-electron chi connectivity index (χ1n) is 8.75. The second kappa shape index (κ2) is 6.69. The van der Waals surface area contributed by atoms with E-state index in [1.807, 2.05) is 12.1 Å². The average Bonchev–Trinajstić information content (AvgIpc) is 3.13. The highest BCUT2D eigenvalue weighted by Crippen LogP contribution is 2.15. The number of aromatic nitrogens is 4. The highest BCUT2D eigenvalue weighted by Gasteiger charge is 2.08. The number of rotatable bonds is 6. The Balaban J connectivity index is 1.33. The minimum atomic E-state index is 0.918. The summed E-state index contributed by atoms with van der Waals surface area (Å²) in [5.41, 5.74) is 4.52. The predicted octanol–water partition coefficient (Wildman–Crippen LogP) is 2.83.